The van der Waals surface area contributed by atoms with Gasteiger partial charge in [-0.15, -0.1) is 0 Å². The van der Waals surface area contributed by atoms with Gasteiger partial charge in [-0.05, 0) is 143 Å². The van der Waals surface area contributed by atoms with E-state index in [2.05, 4.69) is 33.0 Å². The van der Waals surface area contributed by atoms with Gasteiger partial charge in [0, 0.05) is 11.3 Å². The molecule has 5 aliphatic carbocycles. The maximum Gasteiger partial charge on any atom is 0.159 e. The Kier molecular flexibility index (Phi) is 10.1. The monoisotopic (exact) mass is 713 g/mol. The molecule has 2 saturated heterocycles. The van der Waals surface area contributed by atoms with Crippen LogP contribution in [0.1, 0.15) is 151 Å². The molecule has 0 amide bonds. The molecular weight excluding hydrogens is 640 g/mol. The van der Waals surface area contributed by atoms with E-state index in [1.807, 2.05) is 19.9 Å². The highest BCUT2D eigenvalue weighted by Crippen LogP contribution is 2.71. The summed E-state index contributed by atoms with van der Waals surface area (Å²) in [6.45, 7) is 13.4. The maximum atomic E-state index is 14.0. The summed E-state index contributed by atoms with van der Waals surface area (Å²) in [5.41, 5.74) is 2.11. The van der Waals surface area contributed by atoms with E-state index in [9.17, 15) is 25.2 Å². The van der Waals surface area contributed by atoms with Gasteiger partial charge < -0.3 is 36.2 Å². The van der Waals surface area contributed by atoms with Crippen molar-refractivity contribution in [3.63, 3.8) is 0 Å². The Bertz CT molecular complexity index is 1340. The van der Waals surface area contributed by atoms with Crippen molar-refractivity contribution in [2.75, 3.05) is 6.54 Å². The van der Waals surface area contributed by atoms with Gasteiger partial charge in [0.1, 0.15) is 12.2 Å². The summed E-state index contributed by atoms with van der Waals surface area (Å²) in [4.78, 5) is 14.0. The quantitative estimate of drug-likeness (QED) is 0.148. The molecule has 7 rings (SSSR count). The number of hydrogen-bond acceptors (Lipinski definition) is 8. The molecule has 0 aromatic rings. The van der Waals surface area contributed by atoms with Crippen molar-refractivity contribution >= 4 is 5.78 Å². The van der Waals surface area contributed by atoms with Gasteiger partial charge in [-0.25, -0.2) is 0 Å². The number of nitrogens with two attached hydrogens (primary N) is 1. The topological polar surface area (TPSA) is 149 Å². The zero-order chi connectivity index (χ0) is 36.8. The van der Waals surface area contributed by atoms with Crippen molar-refractivity contribution in [2.45, 2.75) is 192 Å². The first-order valence-electron chi connectivity index (χ1n) is 21.1. The molecule has 0 aromatic heterocycles. The molecule has 290 valence electrons. The fourth-order valence-corrected chi connectivity index (χ4v) is 13.5. The highest BCUT2D eigenvalue weighted by Gasteiger charge is 2.74. The molecule has 14 unspecified atom stereocenters. The summed E-state index contributed by atoms with van der Waals surface area (Å²) in [5.74, 6) is 1.26. The molecule has 7 N–H and O–H groups in total. The van der Waals surface area contributed by atoms with Crippen LogP contribution < -0.4 is 11.1 Å². The lowest BCUT2D eigenvalue weighted by atomic mass is 9.42. The summed E-state index contributed by atoms with van der Waals surface area (Å²) in [5, 5.41) is 52.0. The maximum absolute atomic E-state index is 14.0. The number of allylic oxidation sites excluding steroid dienone is 1. The van der Waals surface area contributed by atoms with Crippen LogP contribution in [0, 0.1) is 51.8 Å². The summed E-state index contributed by atoms with van der Waals surface area (Å²) < 4.78 is 6.38. The van der Waals surface area contributed by atoms with E-state index in [-0.39, 0.29) is 41.0 Å². The molecule has 2 aliphatic heterocycles. The van der Waals surface area contributed by atoms with E-state index in [0.29, 0.717) is 31.6 Å². The van der Waals surface area contributed by atoms with E-state index < -0.39 is 45.9 Å². The van der Waals surface area contributed by atoms with Crippen LogP contribution in [0.15, 0.2) is 11.6 Å². The molecule has 8 nitrogen and oxygen atoms in total. The number of fused-ring (bicyclic) bond motifs is 5. The third-order valence-electron chi connectivity index (χ3n) is 17.2. The lowest BCUT2D eigenvalue weighted by Crippen LogP contribution is -2.64. The SMILES string of the molecule is CC(O)(C1OC1C(C)(O)C(C)(C)CCC1CCNC(N)C1)C1CCC2(O)C3=CC(=O)C4CC(O)CCC4(C)C3C(CCC3CCCCC3)CC12C. The van der Waals surface area contributed by atoms with Crippen LogP contribution in [0.25, 0.3) is 0 Å². The Balaban J connectivity index is 1.15. The van der Waals surface area contributed by atoms with Crippen molar-refractivity contribution in [1.29, 1.82) is 0 Å². The zero-order valence-electron chi connectivity index (χ0n) is 32.8. The molecule has 0 radical (unpaired) electrons. The number of piperidine rings is 1. The number of ketones is 1. The third kappa shape index (κ3) is 6.35. The van der Waals surface area contributed by atoms with Crippen molar-refractivity contribution in [3.05, 3.63) is 11.6 Å². The number of hydrogen-bond donors (Lipinski definition) is 6. The van der Waals surface area contributed by atoms with Gasteiger partial charge in [-0.3, -0.25) is 4.79 Å². The summed E-state index contributed by atoms with van der Waals surface area (Å²) in [6, 6.07) is 0. The molecule has 4 saturated carbocycles. The van der Waals surface area contributed by atoms with Gasteiger partial charge >= 0.3 is 0 Å². The molecule has 14 atom stereocenters. The van der Waals surface area contributed by atoms with Crippen LogP contribution in [-0.2, 0) is 9.53 Å². The number of carbonyl (C=O) groups excluding carboxylic acids is 1. The van der Waals surface area contributed by atoms with Crippen LogP contribution in [0.3, 0.4) is 0 Å². The second-order valence-electron chi connectivity index (χ2n) is 20.6. The summed E-state index contributed by atoms with van der Waals surface area (Å²) >= 11 is 0. The standard InChI is InChI=1S/C43H72N2O6/c1-38(2,18-14-27-17-21-45-34(44)22-27)42(6,49)37-36(51-37)41(5,48)33-16-20-43(50)31-24-32(47)30-23-29(46)15-19-39(30,3)35(31)28(25-40(33,43)4)13-12-26-10-8-7-9-11-26/h24,26-30,33-37,45-46,48-50H,7-23,25,44H2,1-6H3. The Labute approximate surface area is 308 Å². The number of epoxide rings is 1. The number of aliphatic hydroxyl groups is 4. The molecule has 0 spiro atoms. The molecule has 0 aromatic carbocycles. The Morgan fingerprint density at radius 3 is 2.35 bits per heavy atom. The molecule has 0 bridgehead atoms. The van der Waals surface area contributed by atoms with Gasteiger partial charge in [0.25, 0.3) is 0 Å². The van der Waals surface area contributed by atoms with Crippen LogP contribution in [0.2, 0.25) is 0 Å². The fourth-order valence-electron chi connectivity index (χ4n) is 13.5. The number of ether oxygens (including phenoxy) is 1. The number of carbonyl (C=O) groups is 1. The minimum atomic E-state index is -1.27. The molecule has 8 heteroatoms. The predicted octanol–water partition coefficient (Wildman–Crippen LogP) is 6.17. The lowest BCUT2D eigenvalue weighted by Gasteiger charge is -2.63. The summed E-state index contributed by atoms with van der Waals surface area (Å²) in [6.07, 6.45) is 17.0. The lowest BCUT2D eigenvalue weighted by molar-refractivity contribution is -0.166. The van der Waals surface area contributed by atoms with Crippen molar-refractivity contribution in [2.24, 2.45) is 57.5 Å². The molecular formula is C43H72N2O6. The second kappa shape index (κ2) is 13.4. The first-order valence-corrected chi connectivity index (χ1v) is 21.1. The van der Waals surface area contributed by atoms with E-state index >= 15 is 0 Å². The minimum Gasteiger partial charge on any atom is -0.393 e. The number of rotatable bonds is 10. The van der Waals surface area contributed by atoms with Crippen molar-refractivity contribution in [3.8, 4) is 0 Å². The fraction of sp³-hybridized carbons (Fsp3) is 0.930. The molecule has 2 heterocycles. The average Bonchev–Trinajstić information content (AvgIpc) is 3.85. The van der Waals surface area contributed by atoms with Gasteiger partial charge in [-0.1, -0.05) is 66.2 Å². The van der Waals surface area contributed by atoms with Crippen molar-refractivity contribution in [1.82, 2.24) is 5.32 Å². The van der Waals surface area contributed by atoms with Gasteiger partial charge in [0.15, 0.2) is 5.78 Å². The summed E-state index contributed by atoms with van der Waals surface area (Å²) in [7, 11) is 0. The highest BCUT2D eigenvalue weighted by molar-refractivity contribution is 5.95. The first kappa shape index (κ1) is 38.4. The first-order chi connectivity index (χ1) is 23.8. The molecule has 6 fully saturated rings. The second-order valence-corrected chi connectivity index (χ2v) is 20.6. The minimum absolute atomic E-state index is 0.0364. The van der Waals surface area contributed by atoms with Crippen molar-refractivity contribution < 1.29 is 30.0 Å². The van der Waals surface area contributed by atoms with Gasteiger partial charge in [0.2, 0.25) is 0 Å². The number of aliphatic hydroxyl groups excluding tert-OH is 1. The third-order valence-corrected chi connectivity index (χ3v) is 17.2. The average molecular weight is 713 g/mol. The van der Waals surface area contributed by atoms with E-state index in [1.165, 1.54) is 38.5 Å². The van der Waals surface area contributed by atoms with E-state index in [0.717, 1.165) is 63.0 Å². The van der Waals surface area contributed by atoms with E-state index in [4.69, 9.17) is 10.5 Å². The van der Waals surface area contributed by atoms with Crippen LogP contribution in [0.4, 0.5) is 0 Å². The van der Waals surface area contributed by atoms with Gasteiger partial charge in [-0.2, -0.15) is 0 Å². The smallest absolute Gasteiger partial charge is 0.159 e. The van der Waals surface area contributed by atoms with Gasteiger partial charge in [0.05, 0.1) is 29.1 Å². The normalized spacial score (nSPS) is 47.0. The van der Waals surface area contributed by atoms with Crippen LogP contribution in [0.5, 0.6) is 0 Å². The van der Waals surface area contributed by atoms with Crippen LogP contribution >= 0.6 is 0 Å². The largest absolute Gasteiger partial charge is 0.393 e. The van der Waals surface area contributed by atoms with Crippen LogP contribution in [-0.4, -0.2) is 74.0 Å². The Morgan fingerprint density at radius 2 is 1.65 bits per heavy atom. The van der Waals surface area contributed by atoms with E-state index in [1.54, 1.807) is 0 Å². The highest BCUT2D eigenvalue weighted by atomic mass is 16.6. The molecule has 51 heavy (non-hydrogen) atoms. The number of nitrogens with one attached hydrogen (secondary N) is 1. The Hall–Kier alpha value is -0.870. The zero-order valence-corrected chi connectivity index (χ0v) is 32.8. The predicted molar refractivity (Wildman–Crippen MR) is 199 cm³/mol. The molecule has 7 aliphatic rings. The Morgan fingerprint density at radius 1 is 0.922 bits per heavy atom.